The monoisotopic (exact) mass is 466 g/mol. The standard InChI is InChI=1S/C24H19FN2O5S/c1-33(31,32)18-8-6-17(7-9-18)26-23(15-4-2-3-14(11-15)12-21(28)29)22-19-10-5-16(25)13-20(19)27-24(22)30/h2-11,13,26H,12H2,1H3,(H,27,30)(H,28,29)/b23-22-. The molecule has 3 N–H and O–H groups in total. The molecule has 0 radical (unpaired) electrons. The zero-order valence-electron chi connectivity index (χ0n) is 17.4. The molecular formula is C24H19FN2O5S. The highest BCUT2D eigenvalue weighted by Gasteiger charge is 2.29. The SMILES string of the molecule is CS(=O)(=O)c1ccc(N/C(=C2\C(=O)Nc3cc(F)ccc32)c2cccc(CC(=O)O)c2)cc1. The van der Waals surface area contributed by atoms with E-state index in [1.807, 2.05) is 0 Å². The van der Waals surface area contributed by atoms with Gasteiger partial charge in [0.25, 0.3) is 5.91 Å². The number of carboxylic acids is 1. The van der Waals surface area contributed by atoms with Crippen LogP contribution < -0.4 is 10.6 Å². The lowest BCUT2D eigenvalue weighted by atomic mass is 9.98. The van der Waals surface area contributed by atoms with Gasteiger partial charge < -0.3 is 15.7 Å². The third kappa shape index (κ3) is 4.78. The maximum Gasteiger partial charge on any atom is 0.307 e. The highest BCUT2D eigenvalue weighted by atomic mass is 32.2. The summed E-state index contributed by atoms with van der Waals surface area (Å²) in [4.78, 5) is 24.2. The first-order valence-electron chi connectivity index (χ1n) is 9.85. The van der Waals surface area contributed by atoms with Crippen LogP contribution in [0.1, 0.15) is 16.7 Å². The average molecular weight is 466 g/mol. The van der Waals surface area contributed by atoms with Crippen molar-refractivity contribution in [2.24, 2.45) is 0 Å². The van der Waals surface area contributed by atoms with Crippen LogP contribution in [0.4, 0.5) is 15.8 Å². The number of halogens is 1. The van der Waals surface area contributed by atoms with E-state index in [-0.39, 0.29) is 16.9 Å². The van der Waals surface area contributed by atoms with Crippen LogP contribution in [-0.2, 0) is 25.8 Å². The summed E-state index contributed by atoms with van der Waals surface area (Å²) < 4.78 is 37.2. The van der Waals surface area contributed by atoms with E-state index >= 15 is 0 Å². The van der Waals surface area contributed by atoms with Gasteiger partial charge in [-0.05, 0) is 59.7 Å². The molecule has 1 aliphatic rings. The first kappa shape index (κ1) is 22.2. The summed E-state index contributed by atoms with van der Waals surface area (Å²) in [5, 5.41) is 15.0. The van der Waals surface area contributed by atoms with Gasteiger partial charge in [0.05, 0.1) is 28.3 Å². The minimum absolute atomic E-state index is 0.144. The molecule has 0 aromatic heterocycles. The number of amides is 1. The Morgan fingerprint density at radius 1 is 1.06 bits per heavy atom. The summed E-state index contributed by atoms with van der Waals surface area (Å²) in [6.45, 7) is 0. The van der Waals surface area contributed by atoms with Crippen LogP contribution in [-0.4, -0.2) is 31.7 Å². The molecule has 0 fully saturated rings. The third-order valence-electron chi connectivity index (χ3n) is 5.10. The number of benzene rings is 3. The molecule has 3 aromatic rings. The zero-order valence-corrected chi connectivity index (χ0v) is 18.2. The molecule has 9 heteroatoms. The van der Waals surface area contributed by atoms with E-state index in [0.29, 0.717) is 33.8 Å². The molecule has 7 nitrogen and oxygen atoms in total. The number of carbonyl (C=O) groups is 2. The van der Waals surface area contributed by atoms with Crippen LogP contribution in [0, 0.1) is 5.82 Å². The number of aliphatic carboxylic acids is 1. The van der Waals surface area contributed by atoms with E-state index in [2.05, 4.69) is 10.6 Å². The number of fused-ring (bicyclic) bond motifs is 1. The topological polar surface area (TPSA) is 113 Å². The van der Waals surface area contributed by atoms with E-state index < -0.39 is 27.5 Å². The van der Waals surface area contributed by atoms with E-state index in [4.69, 9.17) is 5.11 Å². The molecule has 1 amide bonds. The Morgan fingerprint density at radius 3 is 2.45 bits per heavy atom. The fraction of sp³-hybridized carbons (Fsp3) is 0.0833. The molecule has 0 saturated carbocycles. The Bertz CT molecular complexity index is 1410. The number of carbonyl (C=O) groups excluding carboxylic acids is 1. The van der Waals surface area contributed by atoms with Crippen molar-refractivity contribution in [3.05, 3.63) is 89.2 Å². The highest BCUT2D eigenvalue weighted by Crippen LogP contribution is 2.38. The quantitative estimate of drug-likeness (QED) is 0.477. The number of carboxylic acid groups (broad SMARTS) is 1. The number of hydrogen-bond acceptors (Lipinski definition) is 5. The van der Waals surface area contributed by atoms with Crippen LogP contribution in [0.25, 0.3) is 11.3 Å². The van der Waals surface area contributed by atoms with Gasteiger partial charge in [0.1, 0.15) is 5.82 Å². The number of rotatable bonds is 6. The molecule has 0 saturated heterocycles. The van der Waals surface area contributed by atoms with Crippen LogP contribution in [0.5, 0.6) is 0 Å². The summed E-state index contributed by atoms with van der Waals surface area (Å²) in [5.41, 5.74) is 3.02. The van der Waals surface area contributed by atoms with Crippen LogP contribution in [0.2, 0.25) is 0 Å². The van der Waals surface area contributed by atoms with Crippen LogP contribution in [0.3, 0.4) is 0 Å². The van der Waals surface area contributed by atoms with Crippen molar-refractivity contribution in [2.45, 2.75) is 11.3 Å². The van der Waals surface area contributed by atoms with Crippen molar-refractivity contribution in [1.29, 1.82) is 0 Å². The van der Waals surface area contributed by atoms with Crippen molar-refractivity contribution in [1.82, 2.24) is 0 Å². The predicted octanol–water partition coefficient (Wildman–Crippen LogP) is 3.79. The fourth-order valence-corrected chi connectivity index (χ4v) is 4.24. The second-order valence-corrected chi connectivity index (χ2v) is 9.60. The Morgan fingerprint density at radius 2 is 1.79 bits per heavy atom. The maximum atomic E-state index is 13.7. The van der Waals surface area contributed by atoms with E-state index in [9.17, 15) is 22.4 Å². The largest absolute Gasteiger partial charge is 0.481 e. The number of anilines is 2. The van der Waals surface area contributed by atoms with Gasteiger partial charge in [-0.3, -0.25) is 9.59 Å². The lowest BCUT2D eigenvalue weighted by Gasteiger charge is -2.16. The van der Waals surface area contributed by atoms with Crippen LogP contribution in [0.15, 0.2) is 71.6 Å². The number of sulfone groups is 1. The van der Waals surface area contributed by atoms with Crippen LogP contribution >= 0.6 is 0 Å². The zero-order chi connectivity index (χ0) is 23.8. The molecule has 168 valence electrons. The minimum atomic E-state index is -3.38. The molecular weight excluding hydrogens is 447 g/mol. The molecule has 0 unspecified atom stereocenters. The Hall–Kier alpha value is -3.98. The Labute approximate surface area is 189 Å². The normalized spacial score (nSPS) is 14.4. The molecule has 0 bridgehead atoms. The second kappa shape index (κ2) is 8.51. The highest BCUT2D eigenvalue weighted by molar-refractivity contribution is 7.90. The molecule has 33 heavy (non-hydrogen) atoms. The second-order valence-electron chi connectivity index (χ2n) is 7.59. The van der Waals surface area contributed by atoms with Crippen molar-refractivity contribution in [3.63, 3.8) is 0 Å². The molecule has 0 atom stereocenters. The average Bonchev–Trinajstić information content (AvgIpc) is 3.06. The first-order valence-corrected chi connectivity index (χ1v) is 11.7. The summed E-state index contributed by atoms with van der Waals surface area (Å²) in [5.74, 6) is -1.94. The maximum absolute atomic E-state index is 13.7. The Kier molecular flexibility index (Phi) is 5.73. The molecule has 1 heterocycles. The van der Waals surface area contributed by atoms with E-state index in [1.54, 1.807) is 36.4 Å². The lowest BCUT2D eigenvalue weighted by molar-refractivity contribution is -0.136. The van der Waals surface area contributed by atoms with Gasteiger partial charge in [-0.15, -0.1) is 0 Å². The summed E-state index contributed by atoms with van der Waals surface area (Å²) in [6.07, 6.45) is 0.906. The molecule has 3 aromatic carbocycles. The van der Waals surface area contributed by atoms with Crippen molar-refractivity contribution >= 4 is 44.4 Å². The molecule has 1 aliphatic heterocycles. The van der Waals surface area contributed by atoms with Gasteiger partial charge >= 0.3 is 5.97 Å². The van der Waals surface area contributed by atoms with Crippen molar-refractivity contribution in [3.8, 4) is 0 Å². The predicted molar refractivity (Wildman–Crippen MR) is 123 cm³/mol. The third-order valence-corrected chi connectivity index (χ3v) is 6.23. The van der Waals surface area contributed by atoms with Gasteiger partial charge in [-0.25, -0.2) is 12.8 Å². The van der Waals surface area contributed by atoms with Gasteiger partial charge in [0.2, 0.25) is 0 Å². The van der Waals surface area contributed by atoms with Crippen molar-refractivity contribution in [2.75, 3.05) is 16.9 Å². The minimum Gasteiger partial charge on any atom is -0.481 e. The first-order chi connectivity index (χ1) is 15.6. The summed E-state index contributed by atoms with van der Waals surface area (Å²) >= 11 is 0. The molecule has 0 spiro atoms. The summed E-state index contributed by atoms with van der Waals surface area (Å²) in [7, 11) is -3.38. The molecule has 0 aliphatic carbocycles. The Balaban J connectivity index is 1.86. The number of nitrogens with one attached hydrogen (secondary N) is 2. The van der Waals surface area contributed by atoms with E-state index in [1.165, 1.54) is 30.3 Å². The van der Waals surface area contributed by atoms with Gasteiger partial charge in [-0.1, -0.05) is 18.2 Å². The smallest absolute Gasteiger partial charge is 0.307 e. The van der Waals surface area contributed by atoms with Gasteiger partial charge in [-0.2, -0.15) is 0 Å². The van der Waals surface area contributed by atoms with Crippen molar-refractivity contribution < 1.29 is 27.5 Å². The van der Waals surface area contributed by atoms with Gasteiger partial charge in [0.15, 0.2) is 9.84 Å². The lowest BCUT2D eigenvalue weighted by Crippen LogP contribution is -2.10. The fourth-order valence-electron chi connectivity index (χ4n) is 3.61. The number of hydrogen-bond donors (Lipinski definition) is 3. The van der Waals surface area contributed by atoms with E-state index in [0.717, 1.165) is 6.26 Å². The van der Waals surface area contributed by atoms with Gasteiger partial charge in [0, 0.05) is 17.5 Å². The summed E-state index contributed by atoms with van der Waals surface area (Å²) in [6, 6.07) is 16.7. The molecule has 4 rings (SSSR count).